The van der Waals surface area contributed by atoms with Crippen molar-refractivity contribution in [3.05, 3.63) is 35.3 Å². The Morgan fingerprint density at radius 1 is 1.36 bits per heavy atom. The van der Waals surface area contributed by atoms with Gasteiger partial charge >= 0.3 is 0 Å². The van der Waals surface area contributed by atoms with Crippen LogP contribution in [0.15, 0.2) is 50.3 Å². The number of allylic oxidation sites excluding steroid dienone is 3. The minimum absolute atomic E-state index is 0.180. The van der Waals surface area contributed by atoms with Crippen LogP contribution in [-0.2, 0) is 0 Å². The Balaban J connectivity index is 2.76. The summed E-state index contributed by atoms with van der Waals surface area (Å²) in [6, 6.07) is 0. The predicted molar refractivity (Wildman–Crippen MR) is 103 cm³/mol. The topological polar surface area (TPSA) is 49.1 Å². The van der Waals surface area contributed by atoms with Gasteiger partial charge in [-0.25, -0.2) is 8.78 Å². The zero-order valence-corrected chi connectivity index (χ0v) is 15.1. The molecule has 25 heavy (non-hydrogen) atoms. The number of dihydropyridines is 1. The number of nitrogens with zero attached hydrogens (tertiary/aromatic N) is 3. The number of aliphatic imine (C=N–C) groups is 3. The highest BCUT2D eigenvalue weighted by Gasteiger charge is 2.09. The second-order valence-electron chi connectivity index (χ2n) is 5.87. The maximum Gasteiger partial charge on any atom is 0.239 e. The molecule has 0 bridgehead atoms. The standard InChI is InChI=1S/C19H28F2N4/c1-4-6-16(17(12-22-3)8-9-19(20)21)13-24-15(2)11-25-18-7-5-10-23-14-18/h7,12-14,19,25H,3-6,8-11H2,1-2H3/b16-13+,17-12+,24-15+. The Morgan fingerprint density at radius 3 is 2.72 bits per heavy atom. The van der Waals surface area contributed by atoms with Gasteiger partial charge in [-0.05, 0) is 44.0 Å². The van der Waals surface area contributed by atoms with Crippen LogP contribution in [0, 0.1) is 0 Å². The number of nitrogens with one attached hydrogen (secondary N) is 1. The SMILES string of the molecule is C=N/C=C(CCC(F)F)/C(=C/N=C(\C)CNC1=CCCN=C1)CCC. The average molecular weight is 350 g/mol. The molecule has 0 unspecified atom stereocenters. The summed E-state index contributed by atoms with van der Waals surface area (Å²) in [5, 5.41) is 3.28. The lowest BCUT2D eigenvalue weighted by atomic mass is 9.99. The fourth-order valence-electron chi connectivity index (χ4n) is 2.35. The van der Waals surface area contributed by atoms with Crippen LogP contribution in [0.1, 0.15) is 46.0 Å². The van der Waals surface area contributed by atoms with Crippen molar-refractivity contribution in [3.8, 4) is 0 Å². The van der Waals surface area contributed by atoms with Crippen LogP contribution < -0.4 is 5.32 Å². The zero-order valence-electron chi connectivity index (χ0n) is 15.1. The van der Waals surface area contributed by atoms with Gasteiger partial charge < -0.3 is 5.32 Å². The molecule has 0 aromatic rings. The average Bonchev–Trinajstić information content (AvgIpc) is 2.61. The minimum Gasteiger partial charge on any atom is -0.379 e. The van der Waals surface area contributed by atoms with E-state index in [-0.39, 0.29) is 12.8 Å². The van der Waals surface area contributed by atoms with Crippen LogP contribution >= 0.6 is 0 Å². The Hall–Kier alpha value is -2.11. The smallest absolute Gasteiger partial charge is 0.239 e. The molecule has 0 aromatic carbocycles. The van der Waals surface area contributed by atoms with Crippen LogP contribution in [0.25, 0.3) is 0 Å². The van der Waals surface area contributed by atoms with Crippen LogP contribution in [0.5, 0.6) is 0 Å². The van der Waals surface area contributed by atoms with Gasteiger partial charge in [0.05, 0.1) is 6.54 Å². The molecule has 4 nitrogen and oxygen atoms in total. The highest BCUT2D eigenvalue weighted by Crippen LogP contribution is 2.23. The van der Waals surface area contributed by atoms with Gasteiger partial charge in [0.25, 0.3) is 0 Å². The molecule has 0 spiro atoms. The van der Waals surface area contributed by atoms with Crippen molar-refractivity contribution in [1.29, 1.82) is 0 Å². The van der Waals surface area contributed by atoms with E-state index < -0.39 is 6.43 Å². The summed E-state index contributed by atoms with van der Waals surface area (Å²) in [7, 11) is 0. The summed E-state index contributed by atoms with van der Waals surface area (Å²) in [4.78, 5) is 12.5. The summed E-state index contributed by atoms with van der Waals surface area (Å²) in [5.74, 6) is 0. The van der Waals surface area contributed by atoms with Gasteiger partial charge in [0, 0.05) is 43.0 Å². The van der Waals surface area contributed by atoms with Gasteiger partial charge in [0.15, 0.2) is 0 Å². The lowest BCUT2D eigenvalue weighted by molar-refractivity contribution is 0.138. The van der Waals surface area contributed by atoms with Gasteiger partial charge in [-0.2, -0.15) is 0 Å². The van der Waals surface area contributed by atoms with Crippen molar-refractivity contribution < 1.29 is 8.78 Å². The molecule has 0 aromatic heterocycles. The first-order valence-electron chi connectivity index (χ1n) is 8.66. The molecule has 0 fully saturated rings. The molecule has 0 saturated heterocycles. The molecule has 1 N–H and O–H groups in total. The summed E-state index contributed by atoms with van der Waals surface area (Å²) in [6.07, 6.45) is 7.67. The predicted octanol–water partition coefficient (Wildman–Crippen LogP) is 4.71. The monoisotopic (exact) mass is 350 g/mol. The first kappa shape index (κ1) is 20.9. The van der Waals surface area contributed by atoms with Gasteiger partial charge in [0.2, 0.25) is 6.43 Å². The third kappa shape index (κ3) is 9.08. The lowest BCUT2D eigenvalue weighted by Crippen LogP contribution is -2.22. The fourth-order valence-corrected chi connectivity index (χ4v) is 2.35. The normalized spacial score (nSPS) is 16.2. The molecule has 0 saturated carbocycles. The van der Waals surface area contributed by atoms with Crippen LogP contribution in [0.4, 0.5) is 8.78 Å². The number of rotatable bonds is 11. The van der Waals surface area contributed by atoms with Crippen molar-refractivity contribution >= 4 is 18.6 Å². The first-order valence-corrected chi connectivity index (χ1v) is 8.66. The van der Waals surface area contributed by atoms with Crippen molar-refractivity contribution in [2.45, 2.75) is 52.4 Å². The van der Waals surface area contributed by atoms with Crippen molar-refractivity contribution in [2.75, 3.05) is 13.1 Å². The molecule has 0 radical (unpaired) electrons. The first-order chi connectivity index (χ1) is 12.1. The van der Waals surface area contributed by atoms with Gasteiger partial charge in [0.1, 0.15) is 0 Å². The second-order valence-corrected chi connectivity index (χ2v) is 5.87. The molecular weight excluding hydrogens is 322 g/mol. The maximum atomic E-state index is 12.5. The Kier molecular flexibility index (Phi) is 10.3. The van der Waals surface area contributed by atoms with Gasteiger partial charge in [-0.15, -0.1) is 0 Å². The summed E-state index contributed by atoms with van der Waals surface area (Å²) in [5.41, 5.74) is 3.64. The van der Waals surface area contributed by atoms with E-state index in [2.05, 4.69) is 33.1 Å². The highest BCUT2D eigenvalue weighted by atomic mass is 19.3. The number of halogens is 2. The number of alkyl halides is 2. The lowest BCUT2D eigenvalue weighted by Gasteiger charge is -2.11. The van der Waals surface area contributed by atoms with Crippen LogP contribution in [-0.4, -0.2) is 38.2 Å². The third-order valence-corrected chi connectivity index (χ3v) is 3.65. The van der Waals surface area contributed by atoms with Crippen LogP contribution in [0.2, 0.25) is 0 Å². The van der Waals surface area contributed by atoms with Gasteiger partial charge in [-0.1, -0.05) is 19.4 Å². The van der Waals surface area contributed by atoms with E-state index in [0.717, 1.165) is 48.4 Å². The second kappa shape index (κ2) is 12.3. The van der Waals surface area contributed by atoms with Crippen LogP contribution in [0.3, 0.4) is 0 Å². The molecule has 6 heteroatoms. The minimum atomic E-state index is -2.32. The molecule has 138 valence electrons. The molecule has 1 rings (SSSR count). The van der Waals surface area contributed by atoms with E-state index in [1.54, 1.807) is 12.4 Å². The summed E-state index contributed by atoms with van der Waals surface area (Å²) < 4.78 is 25.1. The third-order valence-electron chi connectivity index (χ3n) is 3.65. The molecule has 1 aliphatic heterocycles. The molecule has 0 aliphatic carbocycles. The number of hydrogen-bond acceptors (Lipinski definition) is 4. The summed E-state index contributed by atoms with van der Waals surface area (Å²) >= 11 is 0. The van der Waals surface area contributed by atoms with E-state index in [9.17, 15) is 8.78 Å². The van der Waals surface area contributed by atoms with E-state index in [1.807, 2.05) is 20.1 Å². The maximum absolute atomic E-state index is 12.5. The quantitative estimate of drug-likeness (QED) is 0.426. The molecule has 1 aliphatic rings. The van der Waals surface area contributed by atoms with E-state index in [0.29, 0.717) is 6.54 Å². The summed E-state index contributed by atoms with van der Waals surface area (Å²) in [6.45, 7) is 8.88. The van der Waals surface area contributed by atoms with Crippen molar-refractivity contribution in [1.82, 2.24) is 5.32 Å². The molecule has 1 heterocycles. The van der Waals surface area contributed by atoms with E-state index >= 15 is 0 Å². The molecular formula is C19H28F2N4. The fraction of sp³-hybridized carbons (Fsp3) is 0.526. The number of hydrogen-bond donors (Lipinski definition) is 1. The largest absolute Gasteiger partial charge is 0.379 e. The van der Waals surface area contributed by atoms with E-state index in [1.165, 1.54) is 0 Å². The molecule has 0 atom stereocenters. The Labute approximate surface area is 149 Å². The van der Waals surface area contributed by atoms with Crippen molar-refractivity contribution in [2.24, 2.45) is 15.0 Å². The Morgan fingerprint density at radius 2 is 2.12 bits per heavy atom. The van der Waals surface area contributed by atoms with E-state index in [4.69, 9.17) is 0 Å². The zero-order chi connectivity index (χ0) is 18.5. The highest BCUT2D eigenvalue weighted by molar-refractivity contribution is 5.86. The Bertz CT molecular complexity index is 572. The molecule has 0 amide bonds. The van der Waals surface area contributed by atoms with Crippen molar-refractivity contribution in [3.63, 3.8) is 0 Å². The van der Waals surface area contributed by atoms with Gasteiger partial charge in [-0.3, -0.25) is 15.0 Å².